The molecular weight excluding hydrogens is 699 g/mol. The summed E-state index contributed by atoms with van der Waals surface area (Å²) < 4.78 is 0. The van der Waals surface area contributed by atoms with Crippen LogP contribution in [0.3, 0.4) is 0 Å². The number of hydrogen-bond acceptors (Lipinski definition) is 1. The minimum absolute atomic E-state index is 1.10. The van der Waals surface area contributed by atoms with E-state index in [4.69, 9.17) is 0 Å². The molecule has 0 aliphatic heterocycles. The number of anilines is 3. The van der Waals surface area contributed by atoms with E-state index in [1.165, 1.54) is 66.8 Å². The van der Waals surface area contributed by atoms with Gasteiger partial charge in [0.15, 0.2) is 0 Å². The minimum atomic E-state index is 1.10. The fraction of sp³-hybridized carbons (Fsp3) is 0.0175. The summed E-state index contributed by atoms with van der Waals surface area (Å²) in [6.45, 7) is 5.25. The van der Waals surface area contributed by atoms with Crippen LogP contribution in [0.2, 0.25) is 0 Å². The maximum absolute atomic E-state index is 3.36. The molecule has 0 saturated heterocycles. The van der Waals surface area contributed by atoms with Crippen molar-refractivity contribution in [3.8, 4) is 66.8 Å². The minimum Gasteiger partial charge on any atom is -0.311 e. The highest BCUT2D eigenvalue weighted by Gasteiger charge is 2.15. The fourth-order valence-corrected chi connectivity index (χ4v) is 7.38. The second-order valence-electron chi connectivity index (χ2n) is 14.2. The van der Waals surface area contributed by atoms with Crippen LogP contribution in [0.1, 0.15) is 6.92 Å². The van der Waals surface area contributed by atoms with Crippen molar-refractivity contribution in [3.05, 3.63) is 249 Å². The van der Waals surface area contributed by atoms with E-state index in [0.29, 0.717) is 0 Å². The third kappa shape index (κ3) is 8.65. The Morgan fingerprint density at radius 2 is 0.448 bits per heavy atom. The summed E-state index contributed by atoms with van der Waals surface area (Å²) in [5.41, 5.74) is 17.7. The average Bonchev–Trinajstić information content (AvgIpc) is 3.31. The van der Waals surface area contributed by atoms with Gasteiger partial charge in [-0.2, -0.15) is 0 Å². The quantitative estimate of drug-likeness (QED) is 0.133. The molecule has 0 aromatic heterocycles. The molecule has 278 valence electrons. The maximum atomic E-state index is 3.36. The Labute approximate surface area is 343 Å². The highest BCUT2D eigenvalue weighted by molar-refractivity contribution is 5.83. The molecule has 0 unspecified atom stereocenters. The van der Waals surface area contributed by atoms with Gasteiger partial charge in [0.05, 0.1) is 0 Å². The second-order valence-corrected chi connectivity index (χ2v) is 14.2. The summed E-state index contributed by atoms with van der Waals surface area (Å²) >= 11 is 0. The van der Waals surface area contributed by atoms with Gasteiger partial charge in [0.1, 0.15) is 0 Å². The van der Waals surface area contributed by atoms with E-state index in [9.17, 15) is 0 Å². The molecule has 0 atom stereocenters. The van der Waals surface area contributed by atoms with E-state index >= 15 is 0 Å². The van der Waals surface area contributed by atoms with Crippen LogP contribution in [-0.4, -0.2) is 0 Å². The van der Waals surface area contributed by atoms with Crippen LogP contribution in [0, 0.1) is 0 Å². The molecule has 0 aliphatic rings. The summed E-state index contributed by atoms with van der Waals surface area (Å²) in [6, 6.07) is 84.9. The number of hydrogen-bond donors (Lipinski definition) is 0. The molecule has 0 bridgehead atoms. The van der Waals surface area contributed by atoms with Crippen molar-refractivity contribution >= 4 is 17.1 Å². The largest absolute Gasteiger partial charge is 0.311 e. The molecule has 0 heterocycles. The Bertz CT molecular complexity index is 2400. The lowest BCUT2D eigenvalue weighted by atomic mass is 9.98. The summed E-state index contributed by atoms with van der Waals surface area (Å²) in [7, 11) is 0. The number of nitrogens with zero attached hydrogens (tertiary/aromatic N) is 1. The zero-order valence-corrected chi connectivity index (χ0v) is 32.7. The van der Waals surface area contributed by atoms with Crippen LogP contribution in [0.5, 0.6) is 0 Å². The smallest absolute Gasteiger partial charge is 0.0462 e. The van der Waals surface area contributed by atoms with Gasteiger partial charge in [-0.3, -0.25) is 0 Å². The molecule has 0 aliphatic carbocycles. The zero-order valence-electron chi connectivity index (χ0n) is 32.7. The summed E-state index contributed by atoms with van der Waals surface area (Å²) in [5.74, 6) is 0. The Morgan fingerprint density at radius 1 is 0.259 bits per heavy atom. The summed E-state index contributed by atoms with van der Waals surface area (Å²) in [6.07, 6.45) is 1.75. The van der Waals surface area contributed by atoms with Crippen LogP contribution in [0.25, 0.3) is 66.8 Å². The van der Waals surface area contributed by atoms with Crippen LogP contribution < -0.4 is 4.90 Å². The number of allylic oxidation sites excluding steroid dienone is 1. The predicted octanol–water partition coefficient (Wildman–Crippen LogP) is 16.4. The third-order valence-corrected chi connectivity index (χ3v) is 10.3. The monoisotopic (exact) mass is 743 g/mol. The van der Waals surface area contributed by atoms with Gasteiger partial charge in [-0.1, -0.05) is 188 Å². The predicted molar refractivity (Wildman–Crippen MR) is 250 cm³/mol. The average molecular weight is 744 g/mol. The van der Waals surface area contributed by atoms with Crippen LogP contribution in [-0.2, 0) is 0 Å². The summed E-state index contributed by atoms with van der Waals surface area (Å²) in [5, 5.41) is 0. The molecule has 0 radical (unpaired) electrons. The molecule has 0 spiro atoms. The first-order valence-corrected chi connectivity index (χ1v) is 19.8. The highest BCUT2D eigenvalue weighted by atomic mass is 15.1. The van der Waals surface area contributed by atoms with Crippen molar-refractivity contribution in [2.24, 2.45) is 0 Å². The van der Waals surface area contributed by atoms with Crippen molar-refractivity contribution in [1.82, 2.24) is 0 Å². The topological polar surface area (TPSA) is 3.24 Å². The van der Waals surface area contributed by atoms with Crippen LogP contribution in [0.15, 0.2) is 249 Å². The Balaban J connectivity index is 0.00000152. The SMILES string of the molecule is C=CC.c1ccc(-c2cccc(-c3ccc(N(c4ccc(-c5cccc(-c6ccccc6)c5)cc4)c4ccc(-c5cccc(-c6ccccc6)c5)cc4)cc3)c2)cc1. The van der Waals surface area contributed by atoms with E-state index in [1.807, 2.05) is 6.92 Å². The van der Waals surface area contributed by atoms with E-state index in [0.717, 1.165) is 17.1 Å². The first-order valence-electron chi connectivity index (χ1n) is 19.8. The highest BCUT2D eigenvalue weighted by Crippen LogP contribution is 2.39. The molecule has 1 nitrogen and oxygen atoms in total. The first-order chi connectivity index (χ1) is 28.7. The number of benzene rings is 9. The van der Waals surface area contributed by atoms with Gasteiger partial charge in [-0.15, -0.1) is 6.58 Å². The maximum Gasteiger partial charge on any atom is 0.0462 e. The van der Waals surface area contributed by atoms with Gasteiger partial charge in [-0.25, -0.2) is 0 Å². The molecule has 58 heavy (non-hydrogen) atoms. The van der Waals surface area contributed by atoms with Gasteiger partial charge in [-0.05, 0) is 128 Å². The van der Waals surface area contributed by atoms with Crippen molar-refractivity contribution < 1.29 is 0 Å². The van der Waals surface area contributed by atoms with E-state index in [-0.39, 0.29) is 0 Å². The van der Waals surface area contributed by atoms with E-state index < -0.39 is 0 Å². The lowest BCUT2D eigenvalue weighted by Crippen LogP contribution is -2.09. The van der Waals surface area contributed by atoms with E-state index in [1.54, 1.807) is 6.08 Å². The van der Waals surface area contributed by atoms with E-state index in [2.05, 4.69) is 248 Å². The molecule has 0 fully saturated rings. The zero-order chi connectivity index (χ0) is 39.5. The van der Waals surface area contributed by atoms with Crippen molar-refractivity contribution in [2.45, 2.75) is 6.92 Å². The molecule has 9 aromatic rings. The van der Waals surface area contributed by atoms with Crippen molar-refractivity contribution in [3.63, 3.8) is 0 Å². The Morgan fingerprint density at radius 3 is 0.672 bits per heavy atom. The van der Waals surface area contributed by atoms with Gasteiger partial charge in [0.2, 0.25) is 0 Å². The lowest BCUT2D eigenvalue weighted by Gasteiger charge is -2.26. The molecule has 0 saturated carbocycles. The van der Waals surface area contributed by atoms with Gasteiger partial charge < -0.3 is 4.90 Å². The van der Waals surface area contributed by atoms with Crippen molar-refractivity contribution in [1.29, 1.82) is 0 Å². The van der Waals surface area contributed by atoms with Gasteiger partial charge in [0.25, 0.3) is 0 Å². The standard InChI is InChI=1S/C54H39N.C3H6/c1-4-13-40(14-5-1)46-19-10-22-49(37-46)43-25-31-52(32-26-43)55(53-33-27-44(28-34-53)50-23-11-20-47(38-50)41-15-6-2-7-16-41)54-35-29-45(30-36-54)51-24-12-21-48(39-51)42-17-8-3-9-18-42;1-3-2/h1-39H;3H,1H2,2H3. The molecule has 0 N–H and O–H groups in total. The molecule has 9 aromatic carbocycles. The molecular formula is C57H45N. The van der Waals surface area contributed by atoms with Crippen LogP contribution in [0.4, 0.5) is 17.1 Å². The third-order valence-electron chi connectivity index (χ3n) is 10.3. The van der Waals surface area contributed by atoms with Crippen molar-refractivity contribution in [2.75, 3.05) is 4.90 Å². The van der Waals surface area contributed by atoms with Gasteiger partial charge in [0, 0.05) is 17.1 Å². The lowest BCUT2D eigenvalue weighted by molar-refractivity contribution is 1.28. The van der Waals surface area contributed by atoms with Gasteiger partial charge >= 0.3 is 0 Å². The Kier molecular flexibility index (Phi) is 11.6. The molecule has 9 rings (SSSR count). The normalized spacial score (nSPS) is 10.6. The summed E-state index contributed by atoms with van der Waals surface area (Å²) in [4.78, 5) is 2.35. The van der Waals surface area contributed by atoms with Crippen LogP contribution >= 0.6 is 0 Å². The Hall–Kier alpha value is -7.48. The number of rotatable bonds is 9. The fourth-order valence-electron chi connectivity index (χ4n) is 7.38. The first kappa shape index (κ1) is 37.4. The molecule has 0 amide bonds. The second kappa shape index (κ2) is 18.0. The molecule has 1 heteroatoms.